The second-order valence-electron chi connectivity index (χ2n) is 3.82. The fraction of sp³-hybridized carbons (Fsp3) is 0.455. The molecule has 0 radical (unpaired) electrons. The molecule has 0 amide bonds. The number of aromatic nitrogens is 4. The Balaban J connectivity index is 0.000000200. The van der Waals surface area contributed by atoms with E-state index in [4.69, 9.17) is 0 Å². The highest BCUT2D eigenvalue weighted by Crippen LogP contribution is 2.05. The topological polar surface area (TPSA) is 35.6 Å². The van der Waals surface area contributed by atoms with Crippen LogP contribution in [0.15, 0.2) is 29.1 Å². The molecule has 0 N–H and O–H groups in total. The molecule has 20 heavy (non-hydrogen) atoms. The summed E-state index contributed by atoms with van der Waals surface area (Å²) in [6, 6.07) is 3.31. The van der Waals surface area contributed by atoms with Gasteiger partial charge in [0.25, 0.3) is 12.9 Å². The van der Waals surface area contributed by atoms with Crippen molar-refractivity contribution in [3.63, 3.8) is 0 Å². The van der Waals surface area contributed by atoms with Crippen molar-refractivity contribution < 1.29 is 17.6 Å². The van der Waals surface area contributed by atoms with Gasteiger partial charge in [-0.2, -0.15) is 10.2 Å². The quantitative estimate of drug-likeness (QED) is 0.787. The number of hydrogen-bond donors (Lipinski definition) is 0. The number of alkyl halides is 4. The minimum atomic E-state index is -2.34. The molecule has 0 bridgehead atoms. The van der Waals surface area contributed by atoms with Crippen LogP contribution in [0.25, 0.3) is 0 Å². The van der Waals surface area contributed by atoms with Crippen LogP contribution in [-0.4, -0.2) is 32.4 Å². The van der Waals surface area contributed by atoms with Crippen LogP contribution in [0.5, 0.6) is 0 Å². The Kier molecular flexibility index (Phi) is 6.69. The van der Waals surface area contributed by atoms with Gasteiger partial charge in [0.15, 0.2) is 0 Å². The first-order valence-corrected chi connectivity index (χ1v) is 6.41. The SMILES string of the molecule is Cc1ccn(CC(F)F)n1.FC(F)Cn1ccc(Br)n1. The molecular formula is C11H13BrF4N4. The highest BCUT2D eigenvalue weighted by atomic mass is 79.9. The fourth-order valence-electron chi connectivity index (χ4n) is 1.29. The fourth-order valence-corrected chi connectivity index (χ4v) is 1.61. The van der Waals surface area contributed by atoms with Gasteiger partial charge in [0.2, 0.25) is 0 Å². The van der Waals surface area contributed by atoms with Crippen molar-refractivity contribution >= 4 is 15.9 Å². The van der Waals surface area contributed by atoms with E-state index in [0.717, 1.165) is 5.69 Å². The maximum atomic E-state index is 11.7. The first kappa shape index (κ1) is 16.7. The van der Waals surface area contributed by atoms with E-state index in [1.165, 1.54) is 15.6 Å². The van der Waals surface area contributed by atoms with Crippen molar-refractivity contribution in [1.29, 1.82) is 0 Å². The molecule has 0 aliphatic heterocycles. The zero-order valence-electron chi connectivity index (χ0n) is 10.6. The summed E-state index contributed by atoms with van der Waals surface area (Å²) in [5, 5.41) is 7.49. The Morgan fingerprint density at radius 1 is 1.00 bits per heavy atom. The number of halogens is 5. The van der Waals surface area contributed by atoms with Crippen LogP contribution in [0.3, 0.4) is 0 Å². The third-order valence-corrected chi connectivity index (χ3v) is 2.46. The molecule has 0 aromatic carbocycles. The summed E-state index contributed by atoms with van der Waals surface area (Å²) in [6.45, 7) is 1.11. The molecule has 4 nitrogen and oxygen atoms in total. The molecule has 0 spiro atoms. The lowest BCUT2D eigenvalue weighted by atomic mass is 10.5. The average molecular weight is 357 g/mol. The molecule has 0 saturated carbocycles. The first-order valence-electron chi connectivity index (χ1n) is 5.62. The van der Waals surface area contributed by atoms with E-state index in [9.17, 15) is 17.6 Å². The molecular weight excluding hydrogens is 344 g/mol. The van der Waals surface area contributed by atoms with Crippen molar-refractivity contribution in [3.8, 4) is 0 Å². The third-order valence-electron chi connectivity index (χ3n) is 2.03. The normalized spacial score (nSPS) is 10.8. The summed E-state index contributed by atoms with van der Waals surface area (Å²) >= 11 is 3.05. The van der Waals surface area contributed by atoms with Crippen LogP contribution in [0.2, 0.25) is 0 Å². The lowest BCUT2D eigenvalue weighted by molar-refractivity contribution is 0.121. The van der Waals surface area contributed by atoms with Gasteiger partial charge in [0, 0.05) is 12.4 Å². The van der Waals surface area contributed by atoms with Crippen LogP contribution in [0.4, 0.5) is 17.6 Å². The first-order chi connectivity index (χ1) is 9.36. The maximum absolute atomic E-state index is 11.7. The second-order valence-corrected chi connectivity index (χ2v) is 4.63. The van der Waals surface area contributed by atoms with Crippen LogP contribution in [0.1, 0.15) is 5.69 Å². The molecule has 9 heteroatoms. The number of aryl methyl sites for hydroxylation is 1. The van der Waals surface area contributed by atoms with Gasteiger partial charge in [0.1, 0.15) is 17.7 Å². The lowest BCUT2D eigenvalue weighted by Crippen LogP contribution is -2.06. The minimum Gasteiger partial charge on any atom is -0.267 e. The number of nitrogens with zero attached hydrogens (tertiary/aromatic N) is 4. The van der Waals surface area contributed by atoms with Gasteiger partial charge < -0.3 is 0 Å². The summed E-state index contributed by atoms with van der Waals surface area (Å²) in [5.74, 6) is 0. The summed E-state index contributed by atoms with van der Waals surface area (Å²) in [4.78, 5) is 0. The van der Waals surface area contributed by atoms with Crippen LogP contribution < -0.4 is 0 Å². The molecule has 0 atom stereocenters. The third kappa shape index (κ3) is 6.69. The van der Waals surface area contributed by atoms with Crippen molar-refractivity contribution in [1.82, 2.24) is 19.6 Å². The highest BCUT2D eigenvalue weighted by Gasteiger charge is 2.04. The van der Waals surface area contributed by atoms with Gasteiger partial charge in [-0.15, -0.1) is 0 Å². The molecule has 0 fully saturated rings. The van der Waals surface area contributed by atoms with Crippen molar-refractivity contribution in [2.75, 3.05) is 0 Å². The van der Waals surface area contributed by atoms with Crippen molar-refractivity contribution in [2.24, 2.45) is 0 Å². The molecule has 2 aromatic heterocycles. The molecule has 0 aliphatic rings. The van der Waals surface area contributed by atoms with E-state index < -0.39 is 12.9 Å². The van der Waals surface area contributed by atoms with Gasteiger partial charge >= 0.3 is 0 Å². The van der Waals surface area contributed by atoms with Crippen LogP contribution in [-0.2, 0) is 13.1 Å². The molecule has 0 saturated heterocycles. The Morgan fingerprint density at radius 3 is 1.85 bits per heavy atom. The van der Waals surface area contributed by atoms with Crippen LogP contribution >= 0.6 is 15.9 Å². The summed E-state index contributed by atoms with van der Waals surface area (Å²) in [6.07, 6.45) is -1.62. The Hall–Kier alpha value is -1.38. The second kappa shape index (κ2) is 8.03. The van der Waals surface area contributed by atoms with Gasteiger partial charge in [-0.1, -0.05) is 0 Å². The number of hydrogen-bond acceptors (Lipinski definition) is 2. The molecule has 2 rings (SSSR count). The van der Waals surface area contributed by atoms with Crippen LogP contribution in [0, 0.1) is 6.92 Å². The Labute approximate surface area is 121 Å². The van der Waals surface area contributed by atoms with Crippen molar-refractivity contribution in [2.45, 2.75) is 32.9 Å². The Morgan fingerprint density at radius 2 is 1.50 bits per heavy atom. The van der Waals surface area contributed by atoms with E-state index in [1.54, 1.807) is 25.3 Å². The molecule has 2 heterocycles. The van der Waals surface area contributed by atoms with E-state index in [0.29, 0.717) is 4.60 Å². The zero-order chi connectivity index (χ0) is 15.1. The predicted molar refractivity (Wildman–Crippen MR) is 68.9 cm³/mol. The standard InChI is InChI=1S/C6H8F2N2.C5H5BrF2N2/c1-5-2-3-10(9-5)4-6(7)8;6-4-1-2-10(9-4)3-5(7)8/h2-3,6H,4H2,1H3;1-2,5H,3H2. The van der Waals surface area contributed by atoms with E-state index in [2.05, 4.69) is 26.1 Å². The van der Waals surface area contributed by atoms with E-state index in [-0.39, 0.29) is 13.1 Å². The summed E-state index contributed by atoms with van der Waals surface area (Å²) in [5.41, 5.74) is 0.764. The van der Waals surface area contributed by atoms with E-state index >= 15 is 0 Å². The molecule has 2 aromatic rings. The highest BCUT2D eigenvalue weighted by molar-refractivity contribution is 9.10. The predicted octanol–water partition coefficient (Wildman–Crippen LogP) is 3.37. The summed E-state index contributed by atoms with van der Waals surface area (Å²) < 4.78 is 49.6. The molecule has 0 unspecified atom stereocenters. The van der Waals surface area contributed by atoms with Gasteiger partial charge in [-0.3, -0.25) is 9.36 Å². The smallest absolute Gasteiger partial charge is 0.257 e. The van der Waals surface area contributed by atoms with Gasteiger partial charge in [0.05, 0.1) is 5.69 Å². The largest absolute Gasteiger partial charge is 0.267 e. The van der Waals surface area contributed by atoms with E-state index in [1.807, 2.05) is 0 Å². The average Bonchev–Trinajstić information content (AvgIpc) is 2.87. The van der Waals surface area contributed by atoms with Gasteiger partial charge in [-0.05, 0) is 35.0 Å². The Bertz CT molecular complexity index is 466. The number of rotatable bonds is 4. The van der Waals surface area contributed by atoms with Gasteiger partial charge in [-0.25, -0.2) is 17.6 Å². The maximum Gasteiger partial charge on any atom is 0.257 e. The molecule has 112 valence electrons. The van der Waals surface area contributed by atoms with Crippen molar-refractivity contribution in [3.05, 3.63) is 34.8 Å². The minimum absolute atomic E-state index is 0.312. The zero-order valence-corrected chi connectivity index (χ0v) is 12.1. The lowest BCUT2D eigenvalue weighted by Gasteiger charge is -1.97. The summed E-state index contributed by atoms with van der Waals surface area (Å²) in [7, 11) is 0. The molecule has 0 aliphatic carbocycles. The monoisotopic (exact) mass is 356 g/mol.